The molecule has 138 valence electrons. The number of aromatic nitrogens is 1. The molecule has 2 amide bonds. The van der Waals surface area contributed by atoms with Gasteiger partial charge < -0.3 is 25.4 Å². The molecule has 3 N–H and O–H groups in total. The smallest absolute Gasteiger partial charge is 0.319 e. The number of urea groups is 1. The van der Waals surface area contributed by atoms with Crippen LogP contribution in [0.2, 0.25) is 0 Å². The number of pyridine rings is 1. The minimum atomic E-state index is -0.685. The maximum atomic E-state index is 12.3. The first-order chi connectivity index (χ1) is 12.0. The van der Waals surface area contributed by atoms with Crippen LogP contribution in [0.4, 0.5) is 16.3 Å². The van der Waals surface area contributed by atoms with E-state index < -0.39 is 5.54 Å². The van der Waals surface area contributed by atoms with Crippen molar-refractivity contribution < 1.29 is 14.6 Å². The summed E-state index contributed by atoms with van der Waals surface area (Å²) < 4.78 is 5.29. The second-order valence-corrected chi connectivity index (χ2v) is 7.22. The summed E-state index contributed by atoms with van der Waals surface area (Å²) in [6, 6.07) is 2.09. The van der Waals surface area contributed by atoms with Gasteiger partial charge in [0.25, 0.3) is 0 Å². The van der Waals surface area contributed by atoms with Crippen molar-refractivity contribution in [3.8, 4) is 0 Å². The van der Waals surface area contributed by atoms with E-state index in [4.69, 9.17) is 4.74 Å². The molecule has 7 nitrogen and oxygen atoms in total. The highest BCUT2D eigenvalue weighted by Crippen LogP contribution is 2.27. The van der Waals surface area contributed by atoms with Gasteiger partial charge in [0.1, 0.15) is 5.82 Å². The van der Waals surface area contributed by atoms with Crippen LogP contribution in [-0.2, 0) is 4.74 Å². The Hall–Kier alpha value is -1.86. The standard InChI is InChI=1S/C18H28N4O3/c1-13-9-15(10-19-16(13)22-7-4-3-5-14(22)2)20-17(24)21-18(11-23)6-8-25-12-18/h9-10,14,23H,3-8,11-12H2,1-2H3,(H2,20,21,24)/t14-,18+/m0/s1. The molecule has 3 heterocycles. The Labute approximate surface area is 148 Å². The summed E-state index contributed by atoms with van der Waals surface area (Å²) in [5.74, 6) is 0.995. The largest absolute Gasteiger partial charge is 0.394 e. The van der Waals surface area contributed by atoms with Crippen molar-refractivity contribution >= 4 is 17.5 Å². The van der Waals surface area contributed by atoms with Gasteiger partial charge in [0.15, 0.2) is 0 Å². The van der Waals surface area contributed by atoms with Crippen LogP contribution >= 0.6 is 0 Å². The first kappa shape index (κ1) is 17.9. The van der Waals surface area contributed by atoms with Crippen LogP contribution in [0.5, 0.6) is 0 Å². The van der Waals surface area contributed by atoms with E-state index in [1.165, 1.54) is 19.3 Å². The van der Waals surface area contributed by atoms with Gasteiger partial charge in [-0.1, -0.05) is 0 Å². The zero-order valence-corrected chi connectivity index (χ0v) is 15.0. The first-order valence-electron chi connectivity index (χ1n) is 9.04. The highest BCUT2D eigenvalue weighted by Gasteiger charge is 2.35. The number of carbonyl (C=O) groups is 1. The number of carbonyl (C=O) groups excluding carboxylic acids is 1. The lowest BCUT2D eigenvalue weighted by Gasteiger charge is -2.35. The van der Waals surface area contributed by atoms with Crippen LogP contribution in [0, 0.1) is 6.92 Å². The highest BCUT2D eigenvalue weighted by atomic mass is 16.5. The molecule has 7 heteroatoms. The number of anilines is 2. The molecule has 0 bridgehead atoms. The van der Waals surface area contributed by atoms with E-state index in [9.17, 15) is 9.90 Å². The van der Waals surface area contributed by atoms with Crippen molar-refractivity contribution in [1.29, 1.82) is 0 Å². The van der Waals surface area contributed by atoms with Crippen molar-refractivity contribution in [2.45, 2.75) is 51.1 Å². The molecule has 25 heavy (non-hydrogen) atoms. The Bertz CT molecular complexity index is 616. The van der Waals surface area contributed by atoms with E-state index in [0.717, 1.165) is 17.9 Å². The predicted molar refractivity (Wildman–Crippen MR) is 97.0 cm³/mol. The molecule has 0 spiro atoms. The maximum absolute atomic E-state index is 12.3. The molecule has 2 fully saturated rings. The molecule has 1 aromatic rings. The van der Waals surface area contributed by atoms with Crippen LogP contribution in [0.1, 0.15) is 38.2 Å². The molecule has 0 aliphatic carbocycles. The van der Waals surface area contributed by atoms with Gasteiger partial charge >= 0.3 is 6.03 Å². The Morgan fingerprint density at radius 1 is 1.52 bits per heavy atom. The van der Waals surface area contributed by atoms with Gasteiger partial charge in [-0.15, -0.1) is 0 Å². The van der Waals surface area contributed by atoms with E-state index in [-0.39, 0.29) is 12.6 Å². The molecule has 2 aliphatic rings. The van der Waals surface area contributed by atoms with Crippen LogP contribution < -0.4 is 15.5 Å². The predicted octanol–water partition coefficient (Wildman–Crippen LogP) is 2.04. The summed E-state index contributed by atoms with van der Waals surface area (Å²) in [5, 5.41) is 15.2. The van der Waals surface area contributed by atoms with Crippen LogP contribution in [0.15, 0.2) is 12.3 Å². The monoisotopic (exact) mass is 348 g/mol. The molecular weight excluding hydrogens is 320 g/mol. The first-order valence-corrected chi connectivity index (χ1v) is 9.04. The number of nitrogens with zero attached hydrogens (tertiary/aromatic N) is 2. The van der Waals surface area contributed by atoms with Gasteiger partial charge in [-0.2, -0.15) is 0 Å². The number of amides is 2. The summed E-state index contributed by atoms with van der Waals surface area (Å²) in [4.78, 5) is 19.2. The van der Waals surface area contributed by atoms with Crippen molar-refractivity contribution in [2.24, 2.45) is 0 Å². The molecule has 2 aliphatic heterocycles. The Kier molecular flexibility index (Phi) is 5.44. The molecule has 2 atom stereocenters. The van der Waals surface area contributed by atoms with E-state index in [0.29, 0.717) is 31.4 Å². The van der Waals surface area contributed by atoms with Crippen LogP contribution in [-0.4, -0.2) is 54.1 Å². The SMILES string of the molecule is Cc1cc(NC(=O)N[C@@]2(CO)CCOC2)cnc1N1CCCC[C@@H]1C. The number of hydrogen-bond acceptors (Lipinski definition) is 5. The summed E-state index contributed by atoms with van der Waals surface area (Å²) in [7, 11) is 0. The Morgan fingerprint density at radius 2 is 2.36 bits per heavy atom. The fourth-order valence-electron chi connectivity index (χ4n) is 3.62. The van der Waals surface area contributed by atoms with Crippen molar-refractivity contribution in [3.63, 3.8) is 0 Å². The number of aliphatic hydroxyl groups excluding tert-OH is 1. The fourth-order valence-corrected chi connectivity index (χ4v) is 3.62. The molecule has 0 aromatic carbocycles. The lowest BCUT2D eigenvalue weighted by atomic mass is 10.0. The number of ether oxygens (including phenoxy) is 1. The number of aryl methyl sites for hydroxylation is 1. The zero-order valence-electron chi connectivity index (χ0n) is 15.0. The van der Waals surface area contributed by atoms with Crippen LogP contribution in [0.25, 0.3) is 0 Å². The van der Waals surface area contributed by atoms with Gasteiger partial charge in [0.2, 0.25) is 0 Å². The average Bonchev–Trinajstić information content (AvgIpc) is 3.05. The Balaban J connectivity index is 1.65. The van der Waals surface area contributed by atoms with Crippen LogP contribution in [0.3, 0.4) is 0 Å². The number of hydrogen-bond donors (Lipinski definition) is 3. The maximum Gasteiger partial charge on any atom is 0.319 e. The molecule has 2 saturated heterocycles. The minimum absolute atomic E-state index is 0.135. The second-order valence-electron chi connectivity index (χ2n) is 7.22. The average molecular weight is 348 g/mol. The molecule has 0 radical (unpaired) electrons. The minimum Gasteiger partial charge on any atom is -0.394 e. The van der Waals surface area contributed by atoms with Gasteiger partial charge in [-0.05, 0) is 51.2 Å². The van der Waals surface area contributed by atoms with Gasteiger partial charge in [-0.3, -0.25) is 0 Å². The fraction of sp³-hybridized carbons (Fsp3) is 0.667. The third kappa shape index (κ3) is 4.04. The number of nitrogens with one attached hydrogen (secondary N) is 2. The van der Waals surface area contributed by atoms with Crippen molar-refractivity contribution in [1.82, 2.24) is 10.3 Å². The third-order valence-corrected chi connectivity index (χ3v) is 5.17. The van der Waals surface area contributed by atoms with Crippen molar-refractivity contribution in [3.05, 3.63) is 17.8 Å². The lowest BCUT2D eigenvalue weighted by molar-refractivity contribution is 0.126. The Morgan fingerprint density at radius 3 is 3.00 bits per heavy atom. The summed E-state index contributed by atoms with van der Waals surface area (Å²) in [6.45, 7) is 6.03. The number of rotatable bonds is 4. The normalized spacial score (nSPS) is 26.5. The lowest BCUT2D eigenvalue weighted by Crippen LogP contribution is -2.53. The molecule has 1 aromatic heterocycles. The quantitative estimate of drug-likeness (QED) is 0.775. The van der Waals surface area contributed by atoms with E-state index in [1.54, 1.807) is 6.20 Å². The molecule has 0 saturated carbocycles. The van der Waals surface area contributed by atoms with Gasteiger partial charge in [0, 0.05) is 19.2 Å². The molecule has 0 unspecified atom stereocenters. The highest BCUT2D eigenvalue weighted by molar-refractivity contribution is 5.90. The summed E-state index contributed by atoms with van der Waals surface area (Å²) in [5.41, 5.74) is 1.01. The molecule has 3 rings (SSSR count). The summed E-state index contributed by atoms with van der Waals surface area (Å²) in [6.07, 6.45) is 5.96. The third-order valence-electron chi connectivity index (χ3n) is 5.17. The van der Waals surface area contributed by atoms with Gasteiger partial charge in [0.05, 0.1) is 30.6 Å². The zero-order chi connectivity index (χ0) is 17.9. The van der Waals surface area contributed by atoms with E-state index in [1.807, 2.05) is 13.0 Å². The summed E-state index contributed by atoms with van der Waals surface area (Å²) >= 11 is 0. The topological polar surface area (TPSA) is 86.7 Å². The molecular formula is C18H28N4O3. The van der Waals surface area contributed by atoms with E-state index >= 15 is 0 Å². The van der Waals surface area contributed by atoms with Crippen molar-refractivity contribution in [2.75, 3.05) is 36.6 Å². The number of piperidine rings is 1. The second kappa shape index (κ2) is 7.58. The number of aliphatic hydroxyl groups is 1. The van der Waals surface area contributed by atoms with E-state index in [2.05, 4.69) is 27.4 Å². The van der Waals surface area contributed by atoms with Gasteiger partial charge in [-0.25, -0.2) is 9.78 Å².